The molecule has 0 aliphatic carbocycles. The van der Waals surface area contributed by atoms with Crippen molar-refractivity contribution >= 4 is 29.3 Å². The highest BCUT2D eigenvalue weighted by Crippen LogP contribution is 2.39. The zero-order valence-electron chi connectivity index (χ0n) is 13.0. The van der Waals surface area contributed by atoms with Crippen LogP contribution < -0.4 is 14.8 Å². The fraction of sp³-hybridized carbons (Fsp3) is 0.267. The average molecular weight is 352 g/mol. The van der Waals surface area contributed by atoms with Crippen LogP contribution >= 0.6 is 11.6 Å². The molecule has 3 rings (SSSR count). The van der Waals surface area contributed by atoms with Gasteiger partial charge in [-0.25, -0.2) is 4.79 Å². The minimum atomic E-state index is -0.688. The third-order valence-corrected chi connectivity index (χ3v) is 3.55. The van der Waals surface area contributed by atoms with Gasteiger partial charge in [-0.2, -0.15) is 5.10 Å². The predicted molar refractivity (Wildman–Crippen MR) is 84.4 cm³/mol. The Labute approximate surface area is 142 Å². The zero-order chi connectivity index (χ0) is 17.3. The molecule has 1 aliphatic rings. The van der Waals surface area contributed by atoms with Gasteiger partial charge in [0.15, 0.2) is 18.1 Å². The summed E-state index contributed by atoms with van der Waals surface area (Å²) in [7, 11) is 1.70. The number of nitrogens with zero attached hydrogens (tertiary/aromatic N) is 2. The maximum atomic E-state index is 12.0. The normalized spacial score (nSPS) is 12.1. The van der Waals surface area contributed by atoms with Gasteiger partial charge < -0.3 is 19.5 Å². The number of esters is 1. The molecule has 1 amide bonds. The number of carbonyl (C=O) groups excluding carboxylic acids is 2. The molecule has 8 nitrogen and oxygen atoms in total. The van der Waals surface area contributed by atoms with Crippen LogP contribution in [0, 0.1) is 6.92 Å². The van der Waals surface area contributed by atoms with Crippen molar-refractivity contribution in [3.05, 3.63) is 34.5 Å². The minimum Gasteiger partial charge on any atom is -0.454 e. The van der Waals surface area contributed by atoms with E-state index in [1.165, 1.54) is 16.8 Å². The SMILES string of the molecule is Cc1cc(NC(=O)COC(=O)c2cc(Cl)c3c(c2)OCO3)n(C)n1. The number of nitrogens with one attached hydrogen (secondary N) is 1. The van der Waals surface area contributed by atoms with Gasteiger partial charge in [0.25, 0.3) is 5.91 Å². The summed E-state index contributed by atoms with van der Waals surface area (Å²) in [5, 5.41) is 6.95. The Morgan fingerprint density at radius 1 is 1.38 bits per heavy atom. The molecule has 0 unspecified atom stereocenters. The van der Waals surface area contributed by atoms with Gasteiger partial charge in [-0.05, 0) is 19.1 Å². The zero-order valence-corrected chi connectivity index (χ0v) is 13.7. The largest absolute Gasteiger partial charge is 0.454 e. The lowest BCUT2D eigenvalue weighted by Crippen LogP contribution is -2.22. The van der Waals surface area contributed by atoms with Gasteiger partial charge in [-0.3, -0.25) is 9.48 Å². The number of hydrogen-bond acceptors (Lipinski definition) is 6. The van der Waals surface area contributed by atoms with Crippen molar-refractivity contribution in [2.45, 2.75) is 6.92 Å². The quantitative estimate of drug-likeness (QED) is 0.846. The Morgan fingerprint density at radius 2 is 2.17 bits per heavy atom. The van der Waals surface area contributed by atoms with Gasteiger partial charge in [-0.15, -0.1) is 0 Å². The van der Waals surface area contributed by atoms with Gasteiger partial charge in [0, 0.05) is 13.1 Å². The highest BCUT2D eigenvalue weighted by Gasteiger charge is 2.21. The first-order valence-corrected chi connectivity index (χ1v) is 7.38. The summed E-state index contributed by atoms with van der Waals surface area (Å²) in [6.45, 7) is 1.41. The molecule has 0 fully saturated rings. The molecule has 0 radical (unpaired) electrons. The summed E-state index contributed by atoms with van der Waals surface area (Å²) < 4.78 is 16.9. The number of hydrogen-bond donors (Lipinski definition) is 1. The van der Waals surface area contributed by atoms with Gasteiger partial charge in [-0.1, -0.05) is 11.6 Å². The molecule has 0 atom stereocenters. The molecule has 0 saturated carbocycles. The van der Waals surface area contributed by atoms with E-state index < -0.39 is 18.5 Å². The molecule has 2 heterocycles. The number of rotatable bonds is 4. The Kier molecular flexibility index (Phi) is 4.30. The van der Waals surface area contributed by atoms with Crippen molar-refractivity contribution < 1.29 is 23.8 Å². The Hall–Kier alpha value is -2.74. The van der Waals surface area contributed by atoms with Crippen LogP contribution in [-0.4, -0.2) is 35.1 Å². The first kappa shape index (κ1) is 16.1. The van der Waals surface area contributed by atoms with Crippen molar-refractivity contribution in [3.8, 4) is 11.5 Å². The van der Waals surface area contributed by atoms with Crippen molar-refractivity contribution in [1.82, 2.24) is 9.78 Å². The van der Waals surface area contributed by atoms with Crippen LogP contribution in [0.4, 0.5) is 5.82 Å². The molecule has 126 valence electrons. The van der Waals surface area contributed by atoms with Crippen LogP contribution in [-0.2, 0) is 16.6 Å². The molecule has 1 aromatic heterocycles. The third kappa shape index (κ3) is 3.28. The lowest BCUT2D eigenvalue weighted by molar-refractivity contribution is -0.119. The van der Waals surface area contributed by atoms with E-state index in [2.05, 4.69) is 10.4 Å². The molecule has 0 spiro atoms. The van der Waals surface area contributed by atoms with Crippen LogP contribution in [0.1, 0.15) is 16.1 Å². The summed E-state index contributed by atoms with van der Waals surface area (Å²) in [6.07, 6.45) is 0. The smallest absolute Gasteiger partial charge is 0.338 e. The number of carbonyl (C=O) groups is 2. The lowest BCUT2D eigenvalue weighted by atomic mass is 10.2. The molecule has 2 aromatic rings. The number of benzene rings is 1. The lowest BCUT2D eigenvalue weighted by Gasteiger charge is -2.07. The molecular formula is C15H14ClN3O5. The molecule has 24 heavy (non-hydrogen) atoms. The predicted octanol–water partition coefficient (Wildman–Crippen LogP) is 1.91. The Morgan fingerprint density at radius 3 is 2.88 bits per heavy atom. The van der Waals surface area contributed by atoms with E-state index in [9.17, 15) is 9.59 Å². The third-order valence-electron chi connectivity index (χ3n) is 3.27. The molecule has 0 bridgehead atoms. The molecule has 0 saturated heterocycles. The summed E-state index contributed by atoms with van der Waals surface area (Å²) in [5.74, 6) is 0.103. The fourth-order valence-electron chi connectivity index (χ4n) is 2.21. The number of fused-ring (bicyclic) bond motifs is 1. The van der Waals surface area contributed by atoms with Gasteiger partial charge >= 0.3 is 5.97 Å². The van der Waals surface area contributed by atoms with Crippen LogP contribution in [0.3, 0.4) is 0 Å². The second kappa shape index (κ2) is 6.40. The Bertz CT molecular complexity index is 818. The number of aromatic nitrogens is 2. The van der Waals surface area contributed by atoms with E-state index in [1.807, 2.05) is 0 Å². The second-order valence-corrected chi connectivity index (χ2v) is 5.52. The summed E-state index contributed by atoms with van der Waals surface area (Å²) >= 11 is 6.01. The topological polar surface area (TPSA) is 91.7 Å². The maximum Gasteiger partial charge on any atom is 0.338 e. The van der Waals surface area contributed by atoms with E-state index in [4.69, 9.17) is 25.8 Å². The van der Waals surface area contributed by atoms with Gasteiger partial charge in [0.2, 0.25) is 6.79 Å². The molecular weight excluding hydrogens is 338 g/mol. The van der Waals surface area contributed by atoms with E-state index in [-0.39, 0.29) is 17.4 Å². The molecule has 1 aromatic carbocycles. The summed E-state index contributed by atoms with van der Waals surface area (Å²) in [5.41, 5.74) is 0.938. The fourth-order valence-corrected chi connectivity index (χ4v) is 2.47. The van der Waals surface area contributed by atoms with E-state index >= 15 is 0 Å². The van der Waals surface area contributed by atoms with Crippen molar-refractivity contribution in [1.29, 1.82) is 0 Å². The number of amides is 1. The second-order valence-electron chi connectivity index (χ2n) is 5.11. The number of ether oxygens (including phenoxy) is 3. The van der Waals surface area contributed by atoms with Crippen molar-refractivity contribution in [2.24, 2.45) is 7.05 Å². The number of halogens is 1. The van der Waals surface area contributed by atoms with Gasteiger partial charge in [0.05, 0.1) is 16.3 Å². The van der Waals surface area contributed by atoms with Gasteiger partial charge in [0.1, 0.15) is 5.82 Å². The first-order chi connectivity index (χ1) is 11.4. The average Bonchev–Trinajstić information content (AvgIpc) is 3.11. The van der Waals surface area contributed by atoms with Crippen LogP contribution in [0.15, 0.2) is 18.2 Å². The first-order valence-electron chi connectivity index (χ1n) is 7.01. The molecule has 1 N–H and O–H groups in total. The summed E-state index contributed by atoms with van der Waals surface area (Å²) in [4.78, 5) is 23.9. The maximum absolute atomic E-state index is 12.0. The monoisotopic (exact) mass is 351 g/mol. The number of anilines is 1. The van der Waals surface area contributed by atoms with E-state index in [0.717, 1.165) is 5.69 Å². The van der Waals surface area contributed by atoms with Crippen LogP contribution in [0.25, 0.3) is 0 Å². The summed E-state index contributed by atoms with van der Waals surface area (Å²) in [6, 6.07) is 4.57. The molecule has 9 heteroatoms. The minimum absolute atomic E-state index is 0.0417. The van der Waals surface area contributed by atoms with Crippen molar-refractivity contribution in [2.75, 3.05) is 18.7 Å². The van der Waals surface area contributed by atoms with E-state index in [1.54, 1.807) is 20.0 Å². The number of aryl methyl sites for hydroxylation is 2. The van der Waals surface area contributed by atoms with Crippen LogP contribution in [0.5, 0.6) is 11.5 Å². The van der Waals surface area contributed by atoms with E-state index in [0.29, 0.717) is 17.3 Å². The standard InChI is InChI=1S/C15H14ClN3O5/c1-8-3-12(19(2)18-8)17-13(20)6-22-15(21)9-4-10(16)14-11(5-9)23-7-24-14/h3-5H,6-7H2,1-2H3,(H,17,20). The molecule has 1 aliphatic heterocycles. The highest BCUT2D eigenvalue weighted by molar-refractivity contribution is 6.32. The Balaban J connectivity index is 1.60. The van der Waals surface area contributed by atoms with Crippen molar-refractivity contribution in [3.63, 3.8) is 0 Å². The van der Waals surface area contributed by atoms with Crippen LogP contribution in [0.2, 0.25) is 5.02 Å². The highest BCUT2D eigenvalue weighted by atomic mass is 35.5.